The molecular weight excluding hydrogens is 282 g/mol. The van der Waals surface area contributed by atoms with Crippen molar-refractivity contribution in [1.82, 2.24) is 4.90 Å². The highest BCUT2D eigenvalue weighted by atomic mass is 32.2. The van der Waals surface area contributed by atoms with Gasteiger partial charge in [0.15, 0.2) is 0 Å². The van der Waals surface area contributed by atoms with Gasteiger partial charge >= 0.3 is 0 Å². The fraction of sp³-hybridized carbons (Fsp3) is 0.471. The van der Waals surface area contributed by atoms with Gasteiger partial charge in [0.2, 0.25) is 0 Å². The van der Waals surface area contributed by atoms with E-state index in [2.05, 4.69) is 25.0 Å². The summed E-state index contributed by atoms with van der Waals surface area (Å²) in [4.78, 5) is 14.5. The molecule has 0 aliphatic heterocycles. The van der Waals surface area contributed by atoms with Crippen LogP contribution in [-0.2, 0) is 0 Å². The number of rotatable bonds is 5. The maximum absolute atomic E-state index is 12.7. The number of aliphatic hydroxyl groups excluding tert-OH is 1. The summed E-state index contributed by atoms with van der Waals surface area (Å²) in [7, 11) is 1.86. The van der Waals surface area contributed by atoms with Crippen molar-refractivity contribution in [3.05, 3.63) is 34.9 Å². The second-order valence-corrected chi connectivity index (χ2v) is 5.78. The molecule has 1 unspecified atom stereocenters. The maximum Gasteiger partial charge on any atom is 0.254 e. The Morgan fingerprint density at radius 2 is 2.19 bits per heavy atom. The van der Waals surface area contributed by atoms with Crippen LogP contribution < -0.4 is 0 Å². The van der Waals surface area contributed by atoms with Gasteiger partial charge in [-0.3, -0.25) is 4.79 Å². The highest BCUT2D eigenvalue weighted by Gasteiger charge is 2.21. The van der Waals surface area contributed by atoms with E-state index in [1.807, 2.05) is 37.1 Å². The molecule has 21 heavy (non-hydrogen) atoms. The molecule has 114 valence electrons. The van der Waals surface area contributed by atoms with E-state index in [9.17, 15) is 4.79 Å². The average molecular weight is 305 g/mol. The molecule has 1 N–H and O–H groups in total. The normalized spacial score (nSPS) is 11.5. The minimum absolute atomic E-state index is 0.0287. The Kier molecular flexibility index (Phi) is 7.35. The lowest BCUT2D eigenvalue weighted by molar-refractivity contribution is 0.0743. The smallest absolute Gasteiger partial charge is 0.254 e. The van der Waals surface area contributed by atoms with Gasteiger partial charge in [-0.05, 0) is 37.3 Å². The lowest BCUT2D eigenvalue weighted by Crippen LogP contribution is -2.38. The zero-order valence-electron chi connectivity index (χ0n) is 13.1. The van der Waals surface area contributed by atoms with Gasteiger partial charge in [-0.2, -0.15) is 11.8 Å². The summed E-state index contributed by atoms with van der Waals surface area (Å²) in [5, 5.41) is 8.80. The molecule has 0 heterocycles. The Labute approximate surface area is 131 Å². The Morgan fingerprint density at radius 3 is 2.76 bits per heavy atom. The van der Waals surface area contributed by atoms with E-state index >= 15 is 0 Å². The van der Waals surface area contributed by atoms with Crippen LogP contribution in [0.2, 0.25) is 0 Å². The van der Waals surface area contributed by atoms with Crippen LogP contribution in [0.1, 0.15) is 34.8 Å². The van der Waals surface area contributed by atoms with E-state index in [1.165, 1.54) is 0 Å². The highest BCUT2D eigenvalue weighted by molar-refractivity contribution is 7.98. The number of carbonyl (C=O) groups excluding carboxylic acids is 1. The van der Waals surface area contributed by atoms with Crippen LogP contribution in [0.5, 0.6) is 0 Å². The predicted molar refractivity (Wildman–Crippen MR) is 89.7 cm³/mol. The standard InChI is InChI=1S/C17H23NO2S/c1-5-15(12-21-4)18(3)17(20)16-10-6-8-14(13(16)2)9-7-11-19/h6,8,10,15,19H,5,11-12H2,1-4H3. The molecule has 0 saturated carbocycles. The molecule has 1 amide bonds. The minimum atomic E-state index is -0.177. The van der Waals surface area contributed by atoms with Crippen molar-refractivity contribution in [2.45, 2.75) is 26.3 Å². The minimum Gasteiger partial charge on any atom is -0.384 e. The van der Waals surface area contributed by atoms with Crippen LogP contribution in [0.15, 0.2) is 18.2 Å². The van der Waals surface area contributed by atoms with Crippen molar-refractivity contribution in [1.29, 1.82) is 0 Å². The van der Waals surface area contributed by atoms with Gasteiger partial charge in [-0.25, -0.2) is 0 Å². The van der Waals surface area contributed by atoms with Crippen LogP contribution in [-0.4, -0.2) is 47.6 Å². The van der Waals surface area contributed by atoms with E-state index in [0.717, 1.165) is 23.3 Å². The third kappa shape index (κ3) is 4.52. The fourth-order valence-electron chi connectivity index (χ4n) is 2.19. The monoisotopic (exact) mass is 305 g/mol. The molecule has 0 saturated heterocycles. The summed E-state index contributed by atoms with van der Waals surface area (Å²) in [6.45, 7) is 3.82. The van der Waals surface area contributed by atoms with Crippen LogP contribution in [0.4, 0.5) is 0 Å². The third-order valence-electron chi connectivity index (χ3n) is 3.56. The van der Waals surface area contributed by atoms with Crippen molar-refractivity contribution in [3.8, 4) is 11.8 Å². The summed E-state index contributed by atoms with van der Waals surface area (Å²) >= 11 is 1.75. The molecule has 4 heteroatoms. The molecule has 1 aromatic rings. The van der Waals surface area contributed by atoms with Gasteiger partial charge in [0.25, 0.3) is 5.91 Å². The SMILES string of the molecule is CCC(CSC)N(C)C(=O)c1cccc(C#CCO)c1C. The lowest BCUT2D eigenvalue weighted by Gasteiger charge is -2.27. The predicted octanol–water partition coefficient (Wildman–Crippen LogP) is 2.55. The van der Waals surface area contributed by atoms with Gasteiger partial charge in [0.05, 0.1) is 0 Å². The van der Waals surface area contributed by atoms with E-state index in [4.69, 9.17) is 5.11 Å². The molecule has 0 spiro atoms. The number of aliphatic hydroxyl groups is 1. The molecular formula is C17H23NO2S. The Bertz CT molecular complexity index is 545. The molecule has 0 bridgehead atoms. The molecule has 0 aliphatic carbocycles. The Hall–Kier alpha value is -1.44. The van der Waals surface area contributed by atoms with Crippen LogP contribution in [0, 0.1) is 18.8 Å². The number of nitrogens with zero attached hydrogens (tertiary/aromatic N) is 1. The van der Waals surface area contributed by atoms with Crippen molar-refractivity contribution >= 4 is 17.7 Å². The number of benzene rings is 1. The molecule has 1 atom stereocenters. The van der Waals surface area contributed by atoms with E-state index < -0.39 is 0 Å². The summed E-state index contributed by atoms with van der Waals surface area (Å²) in [6.07, 6.45) is 2.99. The number of hydrogen-bond acceptors (Lipinski definition) is 3. The zero-order chi connectivity index (χ0) is 15.8. The first kappa shape index (κ1) is 17.6. The van der Waals surface area contributed by atoms with Crippen LogP contribution in [0.3, 0.4) is 0 Å². The first-order valence-electron chi connectivity index (χ1n) is 7.02. The number of thioether (sulfide) groups is 1. The van der Waals surface area contributed by atoms with E-state index in [0.29, 0.717) is 5.56 Å². The highest BCUT2D eigenvalue weighted by Crippen LogP contribution is 2.18. The fourth-order valence-corrected chi connectivity index (χ4v) is 3.03. The van der Waals surface area contributed by atoms with Crippen LogP contribution >= 0.6 is 11.8 Å². The lowest BCUT2D eigenvalue weighted by atomic mass is 10.0. The molecule has 3 nitrogen and oxygen atoms in total. The molecule has 1 rings (SSSR count). The van der Waals surface area contributed by atoms with Gasteiger partial charge in [-0.1, -0.05) is 24.8 Å². The Balaban J connectivity index is 3.07. The van der Waals surface area contributed by atoms with Crippen molar-refractivity contribution in [2.24, 2.45) is 0 Å². The molecule has 1 aromatic carbocycles. The van der Waals surface area contributed by atoms with E-state index in [1.54, 1.807) is 11.8 Å². The quantitative estimate of drug-likeness (QED) is 0.850. The second kappa shape index (κ2) is 8.76. The average Bonchev–Trinajstić information content (AvgIpc) is 2.50. The van der Waals surface area contributed by atoms with Crippen LogP contribution in [0.25, 0.3) is 0 Å². The molecule has 0 radical (unpaired) electrons. The zero-order valence-corrected chi connectivity index (χ0v) is 14.0. The van der Waals surface area contributed by atoms with E-state index in [-0.39, 0.29) is 18.6 Å². The van der Waals surface area contributed by atoms with Gasteiger partial charge in [0.1, 0.15) is 6.61 Å². The van der Waals surface area contributed by atoms with Crippen molar-refractivity contribution < 1.29 is 9.90 Å². The first-order valence-corrected chi connectivity index (χ1v) is 8.41. The molecule has 0 aliphatic rings. The Morgan fingerprint density at radius 1 is 1.48 bits per heavy atom. The van der Waals surface area contributed by atoms with Crippen molar-refractivity contribution in [2.75, 3.05) is 25.7 Å². The van der Waals surface area contributed by atoms with Crippen molar-refractivity contribution in [3.63, 3.8) is 0 Å². The number of amides is 1. The number of carbonyl (C=O) groups is 1. The summed E-state index contributed by atoms with van der Waals surface area (Å²) < 4.78 is 0. The molecule has 0 aromatic heterocycles. The third-order valence-corrected chi connectivity index (χ3v) is 4.28. The topological polar surface area (TPSA) is 40.5 Å². The molecule has 0 fully saturated rings. The largest absolute Gasteiger partial charge is 0.384 e. The number of hydrogen-bond donors (Lipinski definition) is 1. The first-order chi connectivity index (χ1) is 10.1. The summed E-state index contributed by atoms with van der Waals surface area (Å²) in [5.74, 6) is 6.48. The summed E-state index contributed by atoms with van der Waals surface area (Å²) in [6, 6.07) is 5.78. The van der Waals surface area contributed by atoms with Gasteiger partial charge < -0.3 is 10.0 Å². The van der Waals surface area contributed by atoms with Gasteiger partial charge in [-0.15, -0.1) is 0 Å². The van der Waals surface area contributed by atoms with Gasteiger partial charge in [0, 0.05) is 30.0 Å². The second-order valence-electron chi connectivity index (χ2n) is 4.87. The summed E-state index contributed by atoms with van der Waals surface area (Å²) in [5.41, 5.74) is 2.34. The maximum atomic E-state index is 12.7.